The number of ether oxygens (including phenoxy) is 4. The Morgan fingerprint density at radius 2 is 1.14 bits per heavy atom. The lowest BCUT2D eigenvalue weighted by Crippen LogP contribution is -2.45. The van der Waals surface area contributed by atoms with Gasteiger partial charge in [-0.15, -0.1) is 0 Å². The van der Waals surface area contributed by atoms with E-state index in [0.717, 1.165) is 16.0 Å². The van der Waals surface area contributed by atoms with Crippen LogP contribution in [0.4, 0.5) is 9.59 Å². The van der Waals surface area contributed by atoms with E-state index < -0.39 is 53.7 Å². The van der Waals surface area contributed by atoms with E-state index in [0.29, 0.717) is 0 Å². The van der Waals surface area contributed by atoms with Crippen molar-refractivity contribution < 1.29 is 42.9 Å². The van der Waals surface area contributed by atoms with Crippen molar-refractivity contribution in [2.75, 3.05) is 13.1 Å². The van der Waals surface area contributed by atoms with Crippen molar-refractivity contribution in [1.82, 2.24) is 10.2 Å². The van der Waals surface area contributed by atoms with Crippen LogP contribution in [0, 0.1) is 5.92 Å². The van der Waals surface area contributed by atoms with Crippen LogP contribution in [0.25, 0.3) is 0 Å². The minimum absolute atomic E-state index is 0.0811. The summed E-state index contributed by atoms with van der Waals surface area (Å²) in [6.45, 7) is 13.2. The van der Waals surface area contributed by atoms with Gasteiger partial charge in [0.15, 0.2) is 0 Å². The van der Waals surface area contributed by atoms with E-state index in [1.807, 2.05) is 60.7 Å². The number of amides is 3. The van der Waals surface area contributed by atoms with Gasteiger partial charge in [-0.1, -0.05) is 74.5 Å². The van der Waals surface area contributed by atoms with Crippen molar-refractivity contribution in [1.29, 1.82) is 0 Å². The highest BCUT2D eigenvalue weighted by molar-refractivity contribution is 5.96. The second-order valence-corrected chi connectivity index (χ2v) is 11.7. The number of nitrogens with zero attached hydrogens (tertiary/aromatic N) is 1. The molecule has 0 radical (unpaired) electrons. The quantitative estimate of drug-likeness (QED) is 0.296. The number of carbonyl (C=O) groups is 5. The molecule has 0 saturated heterocycles. The standard InChI is InChI=1S/C18H25NO5.C14H19NO4/c1-13(2)16(21)19(17(22)24-18(3,4)5)11-15(20)23-12-14-9-7-6-8-10-14;1-14(2,3)19-13(17)15-9-12(16)18-10-11-7-5-4-6-8-11/h6-10,13H,11-12H2,1-5H3;4-8H,9-10H2,1-3H3,(H,15,17). The molecule has 2 aromatic carbocycles. The summed E-state index contributed by atoms with van der Waals surface area (Å²) in [6, 6.07) is 18.5. The number of nitrogens with one attached hydrogen (secondary N) is 1. The van der Waals surface area contributed by atoms with Gasteiger partial charge in [-0.25, -0.2) is 14.5 Å². The molecule has 0 atom stereocenters. The van der Waals surface area contributed by atoms with Crippen molar-refractivity contribution in [2.45, 2.75) is 79.8 Å². The highest BCUT2D eigenvalue weighted by atomic mass is 16.6. The smallest absolute Gasteiger partial charge is 0.417 e. The topological polar surface area (TPSA) is 138 Å². The molecule has 0 fully saturated rings. The highest BCUT2D eigenvalue weighted by Gasteiger charge is 2.31. The molecule has 0 heterocycles. The molecule has 0 aliphatic rings. The molecule has 1 N–H and O–H groups in total. The highest BCUT2D eigenvalue weighted by Crippen LogP contribution is 2.13. The van der Waals surface area contributed by atoms with Gasteiger partial charge >= 0.3 is 24.1 Å². The van der Waals surface area contributed by atoms with Crippen LogP contribution < -0.4 is 5.32 Å². The van der Waals surface area contributed by atoms with Gasteiger partial charge in [-0.2, -0.15) is 0 Å². The average Bonchev–Trinajstić information content (AvgIpc) is 2.91. The Balaban J connectivity index is 0.000000442. The van der Waals surface area contributed by atoms with Crippen molar-refractivity contribution in [2.24, 2.45) is 5.92 Å². The average molecular weight is 601 g/mol. The van der Waals surface area contributed by atoms with Gasteiger partial charge in [0.25, 0.3) is 0 Å². The minimum Gasteiger partial charge on any atom is -0.460 e. The molecule has 11 heteroatoms. The summed E-state index contributed by atoms with van der Waals surface area (Å²) in [5.74, 6) is -2.10. The number of imide groups is 1. The van der Waals surface area contributed by atoms with Crippen LogP contribution in [-0.4, -0.2) is 59.2 Å². The van der Waals surface area contributed by atoms with Crippen LogP contribution in [0.3, 0.4) is 0 Å². The second-order valence-electron chi connectivity index (χ2n) is 11.7. The molecular weight excluding hydrogens is 556 g/mol. The Hall–Kier alpha value is -4.41. The molecule has 0 aliphatic heterocycles. The Labute approximate surface area is 253 Å². The number of alkyl carbamates (subject to hydrolysis) is 1. The summed E-state index contributed by atoms with van der Waals surface area (Å²) in [4.78, 5) is 59.9. The van der Waals surface area contributed by atoms with Gasteiger partial charge in [0, 0.05) is 5.92 Å². The fourth-order valence-electron chi connectivity index (χ4n) is 3.02. The van der Waals surface area contributed by atoms with Crippen LogP contribution in [0.1, 0.15) is 66.5 Å². The number of hydrogen-bond acceptors (Lipinski definition) is 9. The maximum absolute atomic E-state index is 12.2. The van der Waals surface area contributed by atoms with Crippen LogP contribution in [0.5, 0.6) is 0 Å². The van der Waals surface area contributed by atoms with Crippen LogP contribution in [0.2, 0.25) is 0 Å². The van der Waals surface area contributed by atoms with Crippen LogP contribution in [0.15, 0.2) is 60.7 Å². The van der Waals surface area contributed by atoms with Crippen molar-refractivity contribution in [3.05, 3.63) is 71.8 Å². The number of esters is 2. The first kappa shape index (κ1) is 36.6. The number of carbonyl (C=O) groups excluding carboxylic acids is 5. The van der Waals surface area contributed by atoms with Gasteiger partial charge in [0.05, 0.1) is 0 Å². The molecule has 0 unspecified atom stereocenters. The van der Waals surface area contributed by atoms with Gasteiger partial charge in [-0.3, -0.25) is 14.4 Å². The maximum atomic E-state index is 12.2. The van der Waals surface area contributed by atoms with Crippen LogP contribution in [-0.2, 0) is 46.5 Å². The van der Waals surface area contributed by atoms with E-state index in [1.54, 1.807) is 55.4 Å². The lowest BCUT2D eigenvalue weighted by molar-refractivity contribution is -0.150. The third kappa shape index (κ3) is 17.2. The SMILES string of the molecule is CC(C)(C)OC(=O)NCC(=O)OCc1ccccc1.CC(C)C(=O)N(CC(=O)OCc1ccccc1)C(=O)OC(C)(C)C. The molecule has 3 amide bonds. The molecule has 236 valence electrons. The molecule has 2 rings (SSSR count). The second kappa shape index (κ2) is 17.5. The maximum Gasteiger partial charge on any atom is 0.417 e. The fraction of sp³-hybridized carbons (Fsp3) is 0.469. The summed E-state index contributed by atoms with van der Waals surface area (Å²) >= 11 is 0. The molecule has 0 bridgehead atoms. The van der Waals surface area contributed by atoms with Gasteiger partial charge < -0.3 is 24.3 Å². The Kier molecular flexibility index (Phi) is 14.9. The summed E-state index contributed by atoms with van der Waals surface area (Å²) in [7, 11) is 0. The van der Waals surface area contributed by atoms with E-state index in [2.05, 4.69) is 5.32 Å². The Morgan fingerprint density at radius 1 is 0.698 bits per heavy atom. The van der Waals surface area contributed by atoms with Crippen LogP contribution >= 0.6 is 0 Å². The first-order chi connectivity index (χ1) is 20.0. The summed E-state index contributed by atoms with van der Waals surface area (Å²) in [6.07, 6.45) is -1.48. The molecule has 2 aromatic rings. The molecule has 0 saturated carbocycles. The molecule has 43 heavy (non-hydrogen) atoms. The minimum atomic E-state index is -0.849. The molecule has 0 spiro atoms. The largest absolute Gasteiger partial charge is 0.460 e. The van der Waals surface area contributed by atoms with Crippen molar-refractivity contribution >= 4 is 30.0 Å². The zero-order chi connectivity index (χ0) is 32.6. The summed E-state index contributed by atoms with van der Waals surface area (Å²) in [5.41, 5.74) is 0.372. The Bertz CT molecular complexity index is 1180. The van der Waals surface area contributed by atoms with E-state index in [-0.39, 0.29) is 19.8 Å². The van der Waals surface area contributed by atoms with Crippen molar-refractivity contribution in [3.8, 4) is 0 Å². The zero-order valence-corrected chi connectivity index (χ0v) is 26.3. The van der Waals surface area contributed by atoms with Gasteiger partial charge in [-0.05, 0) is 52.7 Å². The summed E-state index contributed by atoms with van der Waals surface area (Å²) in [5, 5.41) is 2.34. The zero-order valence-electron chi connectivity index (χ0n) is 26.3. The van der Waals surface area contributed by atoms with E-state index in [1.165, 1.54) is 0 Å². The monoisotopic (exact) mass is 600 g/mol. The molecule has 0 aromatic heterocycles. The predicted molar refractivity (Wildman–Crippen MR) is 159 cm³/mol. The number of benzene rings is 2. The molecule has 11 nitrogen and oxygen atoms in total. The third-order valence-electron chi connectivity index (χ3n) is 4.92. The predicted octanol–water partition coefficient (Wildman–Crippen LogP) is 5.40. The molecular formula is C32H44N2O9. The van der Waals surface area contributed by atoms with E-state index >= 15 is 0 Å². The lowest BCUT2D eigenvalue weighted by atomic mass is 10.2. The van der Waals surface area contributed by atoms with E-state index in [4.69, 9.17) is 18.9 Å². The fourth-order valence-corrected chi connectivity index (χ4v) is 3.02. The Morgan fingerprint density at radius 3 is 1.56 bits per heavy atom. The molecule has 0 aliphatic carbocycles. The van der Waals surface area contributed by atoms with Gasteiger partial charge in [0.2, 0.25) is 5.91 Å². The first-order valence-corrected chi connectivity index (χ1v) is 13.9. The summed E-state index contributed by atoms with van der Waals surface area (Å²) < 4.78 is 20.3. The van der Waals surface area contributed by atoms with Crippen molar-refractivity contribution in [3.63, 3.8) is 0 Å². The normalized spacial score (nSPS) is 10.9. The third-order valence-corrected chi connectivity index (χ3v) is 4.92. The number of rotatable bonds is 9. The van der Waals surface area contributed by atoms with Gasteiger partial charge in [0.1, 0.15) is 37.5 Å². The first-order valence-electron chi connectivity index (χ1n) is 13.9. The number of hydrogen-bond donors (Lipinski definition) is 1. The van der Waals surface area contributed by atoms with E-state index in [9.17, 15) is 24.0 Å². The lowest BCUT2D eigenvalue weighted by Gasteiger charge is -2.26.